The van der Waals surface area contributed by atoms with Gasteiger partial charge in [0.15, 0.2) is 11.0 Å². The van der Waals surface area contributed by atoms with E-state index in [1.54, 1.807) is 0 Å². The summed E-state index contributed by atoms with van der Waals surface area (Å²) in [6.45, 7) is 5.94. The molecule has 0 unspecified atom stereocenters. The molecule has 0 saturated carbocycles. The van der Waals surface area contributed by atoms with Crippen molar-refractivity contribution < 1.29 is 4.79 Å². The lowest BCUT2D eigenvalue weighted by Crippen LogP contribution is -2.31. The fourth-order valence-electron chi connectivity index (χ4n) is 1.97. The third kappa shape index (κ3) is 4.07. The molecule has 0 aliphatic rings. The number of amides is 1. The molecule has 0 saturated heterocycles. The molecule has 6 heteroatoms. The molecule has 0 bridgehead atoms. The number of aryl methyl sites for hydroxylation is 1. The topological polar surface area (TPSA) is 59.8 Å². The maximum Gasteiger partial charge on any atom is 0.230 e. The minimum Gasteiger partial charge on any atom is -0.353 e. The Balaban J connectivity index is 2.09. The first-order valence-electron chi connectivity index (χ1n) is 6.86. The predicted octanol–water partition coefficient (Wildman–Crippen LogP) is 2.41. The van der Waals surface area contributed by atoms with E-state index in [0.717, 1.165) is 16.5 Å². The summed E-state index contributed by atoms with van der Waals surface area (Å²) in [5.41, 5.74) is 2.21. The van der Waals surface area contributed by atoms with Crippen molar-refractivity contribution in [2.24, 2.45) is 7.05 Å². The first kappa shape index (κ1) is 15.6. The van der Waals surface area contributed by atoms with Crippen LogP contribution in [0.3, 0.4) is 0 Å². The maximum absolute atomic E-state index is 11.7. The third-order valence-corrected chi connectivity index (χ3v) is 3.91. The van der Waals surface area contributed by atoms with Gasteiger partial charge in [0.1, 0.15) is 0 Å². The minimum absolute atomic E-state index is 0.00936. The molecule has 112 valence electrons. The molecule has 1 aromatic carbocycles. The van der Waals surface area contributed by atoms with E-state index >= 15 is 0 Å². The van der Waals surface area contributed by atoms with Gasteiger partial charge < -0.3 is 9.88 Å². The average molecular weight is 304 g/mol. The van der Waals surface area contributed by atoms with Crippen LogP contribution in [0.4, 0.5) is 0 Å². The molecule has 1 heterocycles. The number of nitrogens with one attached hydrogen (secondary N) is 1. The molecule has 0 aliphatic carbocycles. The van der Waals surface area contributed by atoms with Crippen LogP contribution < -0.4 is 5.32 Å². The Labute approximate surface area is 129 Å². The molecule has 0 atom stereocenters. The second-order valence-corrected chi connectivity index (χ2v) is 6.19. The van der Waals surface area contributed by atoms with Crippen LogP contribution >= 0.6 is 11.8 Å². The summed E-state index contributed by atoms with van der Waals surface area (Å²) >= 11 is 1.39. The fraction of sp³-hybridized carbons (Fsp3) is 0.400. The number of thioether (sulfide) groups is 1. The molecule has 1 aromatic heterocycles. The first-order chi connectivity index (χ1) is 9.97. The van der Waals surface area contributed by atoms with Gasteiger partial charge in [0, 0.05) is 18.7 Å². The first-order valence-corrected chi connectivity index (χ1v) is 7.84. The Bertz CT molecular complexity index is 636. The Morgan fingerprint density at radius 3 is 2.81 bits per heavy atom. The Morgan fingerprint density at radius 1 is 1.38 bits per heavy atom. The van der Waals surface area contributed by atoms with Crippen LogP contribution in [0.2, 0.25) is 0 Å². The number of benzene rings is 1. The quantitative estimate of drug-likeness (QED) is 0.862. The van der Waals surface area contributed by atoms with E-state index < -0.39 is 0 Å². The van der Waals surface area contributed by atoms with Gasteiger partial charge in [-0.3, -0.25) is 4.79 Å². The van der Waals surface area contributed by atoms with Gasteiger partial charge in [-0.2, -0.15) is 0 Å². The fourth-order valence-corrected chi connectivity index (χ4v) is 2.69. The lowest BCUT2D eigenvalue weighted by molar-refractivity contribution is -0.119. The van der Waals surface area contributed by atoms with Crippen LogP contribution in [-0.4, -0.2) is 32.5 Å². The van der Waals surface area contributed by atoms with Crippen LogP contribution in [0, 0.1) is 6.92 Å². The average Bonchev–Trinajstić information content (AvgIpc) is 2.77. The van der Waals surface area contributed by atoms with Crippen molar-refractivity contribution in [3.05, 3.63) is 29.8 Å². The zero-order chi connectivity index (χ0) is 15.4. The van der Waals surface area contributed by atoms with Crippen molar-refractivity contribution in [1.82, 2.24) is 20.1 Å². The zero-order valence-electron chi connectivity index (χ0n) is 12.8. The van der Waals surface area contributed by atoms with E-state index in [0.29, 0.717) is 5.75 Å². The van der Waals surface area contributed by atoms with E-state index in [1.807, 2.05) is 50.6 Å². The third-order valence-electron chi connectivity index (χ3n) is 2.89. The van der Waals surface area contributed by atoms with Gasteiger partial charge in [0.2, 0.25) is 5.91 Å². The normalized spacial score (nSPS) is 10.9. The molecule has 0 fully saturated rings. The monoisotopic (exact) mass is 304 g/mol. The van der Waals surface area contributed by atoms with Gasteiger partial charge >= 0.3 is 0 Å². The van der Waals surface area contributed by atoms with Crippen molar-refractivity contribution in [3.8, 4) is 11.4 Å². The number of carbonyl (C=O) groups is 1. The Morgan fingerprint density at radius 2 is 2.14 bits per heavy atom. The molecule has 0 aliphatic heterocycles. The van der Waals surface area contributed by atoms with Crippen molar-refractivity contribution in [1.29, 1.82) is 0 Å². The van der Waals surface area contributed by atoms with Gasteiger partial charge in [-0.25, -0.2) is 0 Å². The van der Waals surface area contributed by atoms with E-state index in [1.165, 1.54) is 17.3 Å². The van der Waals surface area contributed by atoms with Crippen molar-refractivity contribution >= 4 is 17.7 Å². The van der Waals surface area contributed by atoms with Crippen molar-refractivity contribution in [2.45, 2.75) is 32.0 Å². The molecule has 5 nitrogen and oxygen atoms in total. The number of rotatable bonds is 5. The summed E-state index contributed by atoms with van der Waals surface area (Å²) in [5, 5.41) is 12.0. The summed E-state index contributed by atoms with van der Waals surface area (Å²) in [5.74, 6) is 1.17. The highest BCUT2D eigenvalue weighted by molar-refractivity contribution is 7.99. The molecule has 2 aromatic rings. The van der Waals surface area contributed by atoms with Crippen molar-refractivity contribution in [3.63, 3.8) is 0 Å². The second-order valence-electron chi connectivity index (χ2n) is 5.25. The van der Waals surface area contributed by atoms with Crippen molar-refractivity contribution in [2.75, 3.05) is 5.75 Å². The highest BCUT2D eigenvalue weighted by Gasteiger charge is 2.13. The van der Waals surface area contributed by atoms with E-state index in [-0.39, 0.29) is 11.9 Å². The van der Waals surface area contributed by atoms with Gasteiger partial charge in [-0.1, -0.05) is 35.5 Å². The summed E-state index contributed by atoms with van der Waals surface area (Å²) in [4.78, 5) is 11.7. The minimum atomic E-state index is 0.00936. The molecular formula is C15H20N4OS. The predicted molar refractivity (Wildman–Crippen MR) is 85.2 cm³/mol. The molecule has 2 rings (SSSR count). The highest BCUT2D eigenvalue weighted by Crippen LogP contribution is 2.23. The van der Waals surface area contributed by atoms with Crippen LogP contribution in [-0.2, 0) is 11.8 Å². The van der Waals surface area contributed by atoms with Gasteiger partial charge in [-0.15, -0.1) is 10.2 Å². The molecule has 0 radical (unpaired) electrons. The Hall–Kier alpha value is -1.82. The largest absolute Gasteiger partial charge is 0.353 e. The lowest BCUT2D eigenvalue weighted by atomic mass is 10.1. The number of aromatic nitrogens is 3. The number of carbonyl (C=O) groups excluding carboxylic acids is 1. The smallest absolute Gasteiger partial charge is 0.230 e. The standard InChI is InChI=1S/C15H20N4OS/c1-10(2)16-13(20)9-21-15-18-17-14(19(15)4)12-7-5-6-11(3)8-12/h5-8,10H,9H2,1-4H3,(H,16,20). The van der Waals surface area contributed by atoms with E-state index in [9.17, 15) is 4.79 Å². The molecule has 1 amide bonds. The maximum atomic E-state index is 11.7. The van der Waals surface area contributed by atoms with Crippen LogP contribution in [0.15, 0.2) is 29.4 Å². The summed E-state index contributed by atoms with van der Waals surface area (Å²) in [7, 11) is 1.92. The molecule has 0 spiro atoms. The van der Waals surface area contributed by atoms with Gasteiger partial charge in [-0.05, 0) is 26.8 Å². The lowest BCUT2D eigenvalue weighted by Gasteiger charge is -2.08. The van der Waals surface area contributed by atoms with E-state index in [4.69, 9.17) is 0 Å². The molecule has 1 N–H and O–H groups in total. The van der Waals surface area contributed by atoms with Gasteiger partial charge in [0.05, 0.1) is 5.75 Å². The highest BCUT2D eigenvalue weighted by atomic mass is 32.2. The SMILES string of the molecule is Cc1cccc(-c2nnc(SCC(=O)NC(C)C)n2C)c1. The van der Waals surface area contributed by atoms with Crippen LogP contribution in [0.1, 0.15) is 19.4 Å². The summed E-state index contributed by atoms with van der Waals surface area (Å²) in [6.07, 6.45) is 0. The second kappa shape index (κ2) is 6.76. The molecule has 21 heavy (non-hydrogen) atoms. The van der Waals surface area contributed by atoms with Gasteiger partial charge in [0.25, 0.3) is 0 Å². The van der Waals surface area contributed by atoms with Crippen LogP contribution in [0.5, 0.6) is 0 Å². The zero-order valence-corrected chi connectivity index (χ0v) is 13.6. The number of nitrogens with zero attached hydrogens (tertiary/aromatic N) is 3. The van der Waals surface area contributed by atoms with E-state index in [2.05, 4.69) is 21.6 Å². The summed E-state index contributed by atoms with van der Waals surface area (Å²) in [6, 6.07) is 8.29. The summed E-state index contributed by atoms with van der Waals surface area (Å²) < 4.78 is 1.92. The van der Waals surface area contributed by atoms with Crippen LogP contribution in [0.25, 0.3) is 11.4 Å². The Kier molecular flexibility index (Phi) is 5.01. The number of hydrogen-bond donors (Lipinski definition) is 1. The molecular weight excluding hydrogens is 284 g/mol. The number of hydrogen-bond acceptors (Lipinski definition) is 4.